The first-order valence-corrected chi connectivity index (χ1v) is 11.8. The summed E-state index contributed by atoms with van der Waals surface area (Å²) in [4.78, 5) is 0. The summed E-state index contributed by atoms with van der Waals surface area (Å²) < 4.78 is 14.8. The van der Waals surface area contributed by atoms with E-state index in [0.29, 0.717) is 11.5 Å². The molecule has 33 heavy (non-hydrogen) atoms. The van der Waals surface area contributed by atoms with Crippen molar-refractivity contribution in [2.24, 2.45) is 0 Å². The van der Waals surface area contributed by atoms with Crippen molar-refractivity contribution in [1.29, 1.82) is 0 Å². The van der Waals surface area contributed by atoms with Crippen LogP contribution >= 0.6 is 0 Å². The predicted molar refractivity (Wildman–Crippen MR) is 140 cm³/mol. The second kappa shape index (κ2) is 10.9. The number of hydrogen-bond acceptors (Lipinski definition) is 0. The summed E-state index contributed by atoms with van der Waals surface area (Å²) in [6, 6.07) is 33.0. The Morgan fingerprint density at radius 1 is 0.727 bits per heavy atom. The molecule has 4 rings (SSSR count). The largest absolute Gasteiger partial charge is 0.206 e. The maximum atomic E-state index is 14.8. The number of benzene rings is 4. The number of halogens is 1. The van der Waals surface area contributed by atoms with Crippen molar-refractivity contribution in [3.05, 3.63) is 131 Å². The van der Waals surface area contributed by atoms with Gasteiger partial charge in [0.25, 0.3) is 0 Å². The molecule has 166 valence electrons. The minimum Gasteiger partial charge on any atom is -0.206 e. The molecule has 0 radical (unpaired) electrons. The second-order valence-electron chi connectivity index (χ2n) is 8.77. The SMILES string of the molecule is CCCc1ccc(/C=C/c2ccc(-c3ccc(CC(C)c4ccccc4)cc3)cc2F)cc1. The summed E-state index contributed by atoms with van der Waals surface area (Å²) in [5, 5.41) is 0. The van der Waals surface area contributed by atoms with Gasteiger partial charge in [-0.15, -0.1) is 0 Å². The maximum Gasteiger partial charge on any atom is 0.131 e. The molecule has 0 aliphatic heterocycles. The average molecular weight is 435 g/mol. The lowest BCUT2D eigenvalue weighted by molar-refractivity contribution is 0.625. The van der Waals surface area contributed by atoms with E-state index in [1.54, 1.807) is 6.07 Å². The average Bonchev–Trinajstić information content (AvgIpc) is 2.85. The third-order valence-corrected chi connectivity index (χ3v) is 6.17. The Morgan fingerprint density at radius 2 is 1.39 bits per heavy atom. The molecule has 0 aromatic heterocycles. The highest BCUT2D eigenvalue weighted by Crippen LogP contribution is 2.26. The Balaban J connectivity index is 1.43. The molecular formula is C32H31F. The van der Waals surface area contributed by atoms with Crippen LogP contribution in [0.2, 0.25) is 0 Å². The molecule has 0 saturated carbocycles. The van der Waals surface area contributed by atoms with Crippen LogP contribution in [0.4, 0.5) is 4.39 Å². The Labute approximate surface area is 197 Å². The molecule has 0 fully saturated rings. The van der Waals surface area contributed by atoms with Gasteiger partial charge in [-0.25, -0.2) is 4.39 Å². The lowest BCUT2D eigenvalue weighted by Crippen LogP contribution is -1.98. The first-order chi connectivity index (χ1) is 16.1. The van der Waals surface area contributed by atoms with E-state index in [4.69, 9.17) is 0 Å². The van der Waals surface area contributed by atoms with Crippen LogP contribution in [0.25, 0.3) is 23.3 Å². The van der Waals surface area contributed by atoms with Crippen LogP contribution in [-0.2, 0) is 12.8 Å². The molecule has 0 N–H and O–H groups in total. The summed E-state index contributed by atoms with van der Waals surface area (Å²) in [5.74, 6) is 0.261. The van der Waals surface area contributed by atoms with Crippen LogP contribution in [0, 0.1) is 5.82 Å². The molecular weight excluding hydrogens is 403 g/mol. The smallest absolute Gasteiger partial charge is 0.131 e. The highest BCUT2D eigenvalue weighted by Gasteiger charge is 2.08. The van der Waals surface area contributed by atoms with Crippen LogP contribution in [0.15, 0.2) is 97.1 Å². The van der Waals surface area contributed by atoms with Crippen molar-refractivity contribution < 1.29 is 4.39 Å². The molecule has 0 nitrogen and oxygen atoms in total. The van der Waals surface area contributed by atoms with Crippen molar-refractivity contribution in [2.75, 3.05) is 0 Å². The molecule has 4 aromatic carbocycles. The third kappa shape index (κ3) is 6.08. The van der Waals surface area contributed by atoms with Gasteiger partial charge in [-0.3, -0.25) is 0 Å². The molecule has 0 aliphatic rings. The summed E-state index contributed by atoms with van der Waals surface area (Å²) in [5.41, 5.74) is 7.60. The molecule has 0 heterocycles. The molecule has 0 spiro atoms. The van der Waals surface area contributed by atoms with E-state index in [0.717, 1.165) is 36.0 Å². The monoisotopic (exact) mass is 434 g/mol. The van der Waals surface area contributed by atoms with Gasteiger partial charge in [-0.1, -0.05) is 123 Å². The Kier molecular flexibility index (Phi) is 7.52. The fourth-order valence-corrected chi connectivity index (χ4v) is 4.20. The minimum absolute atomic E-state index is 0.201. The standard InChI is InChI=1S/C32H31F/c1-3-7-25-10-12-26(13-11-25)14-19-30-20-21-31(23-32(30)33)29-17-15-27(16-18-29)22-24(2)28-8-5-4-6-9-28/h4-6,8-21,23-24H,3,7,22H2,1-2H3/b19-14+. The summed E-state index contributed by atoms with van der Waals surface area (Å²) >= 11 is 0. The van der Waals surface area contributed by atoms with Crippen LogP contribution in [0.1, 0.15) is 54.0 Å². The Bertz CT molecular complexity index is 1190. The van der Waals surface area contributed by atoms with E-state index in [1.807, 2.05) is 24.3 Å². The van der Waals surface area contributed by atoms with E-state index >= 15 is 0 Å². The van der Waals surface area contributed by atoms with Crippen LogP contribution in [0.3, 0.4) is 0 Å². The topological polar surface area (TPSA) is 0 Å². The normalized spacial score (nSPS) is 12.2. The molecule has 0 saturated heterocycles. The molecule has 0 aliphatic carbocycles. The second-order valence-corrected chi connectivity index (χ2v) is 8.77. The summed E-state index contributed by atoms with van der Waals surface area (Å²) in [6.07, 6.45) is 7.04. The van der Waals surface area contributed by atoms with Gasteiger partial charge < -0.3 is 0 Å². The van der Waals surface area contributed by atoms with Crippen molar-refractivity contribution in [2.45, 2.75) is 39.0 Å². The molecule has 1 unspecified atom stereocenters. The third-order valence-electron chi connectivity index (χ3n) is 6.17. The van der Waals surface area contributed by atoms with Gasteiger partial charge in [-0.2, -0.15) is 0 Å². The fraction of sp³-hybridized carbons (Fsp3) is 0.188. The minimum atomic E-state index is -0.201. The first-order valence-electron chi connectivity index (χ1n) is 11.8. The van der Waals surface area contributed by atoms with Crippen molar-refractivity contribution in [1.82, 2.24) is 0 Å². The van der Waals surface area contributed by atoms with Gasteiger partial charge in [0.05, 0.1) is 0 Å². The zero-order chi connectivity index (χ0) is 23.0. The van der Waals surface area contributed by atoms with Gasteiger partial charge in [0, 0.05) is 5.56 Å². The van der Waals surface area contributed by atoms with E-state index in [9.17, 15) is 4.39 Å². The van der Waals surface area contributed by atoms with Crippen LogP contribution in [-0.4, -0.2) is 0 Å². The number of rotatable bonds is 8. The van der Waals surface area contributed by atoms with Gasteiger partial charge in [0.2, 0.25) is 0 Å². The van der Waals surface area contributed by atoms with E-state index in [-0.39, 0.29) is 5.82 Å². The Hall–Kier alpha value is -3.45. The fourth-order valence-electron chi connectivity index (χ4n) is 4.20. The van der Waals surface area contributed by atoms with E-state index in [1.165, 1.54) is 16.7 Å². The highest BCUT2D eigenvalue weighted by molar-refractivity contribution is 5.72. The van der Waals surface area contributed by atoms with E-state index in [2.05, 4.69) is 92.7 Å². The zero-order valence-electron chi connectivity index (χ0n) is 19.5. The quantitative estimate of drug-likeness (QED) is 0.243. The van der Waals surface area contributed by atoms with Crippen molar-refractivity contribution in [3.63, 3.8) is 0 Å². The highest BCUT2D eigenvalue weighted by atomic mass is 19.1. The summed E-state index contributed by atoms with van der Waals surface area (Å²) in [6.45, 7) is 4.44. The van der Waals surface area contributed by atoms with Crippen molar-refractivity contribution >= 4 is 12.2 Å². The maximum absolute atomic E-state index is 14.8. The predicted octanol–water partition coefficient (Wildman–Crippen LogP) is 8.96. The number of hydrogen-bond donors (Lipinski definition) is 0. The molecule has 0 amide bonds. The zero-order valence-corrected chi connectivity index (χ0v) is 19.5. The van der Waals surface area contributed by atoms with Crippen LogP contribution < -0.4 is 0 Å². The van der Waals surface area contributed by atoms with Crippen LogP contribution in [0.5, 0.6) is 0 Å². The van der Waals surface area contributed by atoms with Gasteiger partial charge in [0.15, 0.2) is 0 Å². The molecule has 1 atom stereocenters. The van der Waals surface area contributed by atoms with Crippen molar-refractivity contribution in [3.8, 4) is 11.1 Å². The van der Waals surface area contributed by atoms with Gasteiger partial charge >= 0.3 is 0 Å². The van der Waals surface area contributed by atoms with Gasteiger partial charge in [0.1, 0.15) is 5.82 Å². The van der Waals surface area contributed by atoms with E-state index < -0.39 is 0 Å². The lowest BCUT2D eigenvalue weighted by atomic mass is 9.93. The molecule has 4 aromatic rings. The number of aryl methyl sites for hydroxylation is 1. The summed E-state index contributed by atoms with van der Waals surface area (Å²) in [7, 11) is 0. The molecule has 1 heteroatoms. The van der Waals surface area contributed by atoms with Gasteiger partial charge in [-0.05, 0) is 58.2 Å². The first kappa shape index (κ1) is 22.7. The lowest BCUT2D eigenvalue weighted by Gasteiger charge is -2.12. The Morgan fingerprint density at radius 3 is 2.06 bits per heavy atom. The molecule has 0 bridgehead atoms.